The van der Waals surface area contributed by atoms with Gasteiger partial charge in [0.15, 0.2) is 0 Å². The van der Waals surface area contributed by atoms with E-state index in [2.05, 4.69) is 15.2 Å². The zero-order valence-corrected chi connectivity index (χ0v) is 18.3. The van der Waals surface area contributed by atoms with Crippen molar-refractivity contribution in [2.45, 2.75) is 51.2 Å². The van der Waals surface area contributed by atoms with E-state index in [1.165, 1.54) is 30.4 Å². The Hall–Kier alpha value is -3.13. The van der Waals surface area contributed by atoms with Gasteiger partial charge in [-0.15, -0.1) is 0 Å². The summed E-state index contributed by atoms with van der Waals surface area (Å²) in [5, 5.41) is 2.32. The van der Waals surface area contributed by atoms with Crippen LogP contribution in [0.15, 0.2) is 30.5 Å². The van der Waals surface area contributed by atoms with Crippen LogP contribution in [-0.2, 0) is 22.7 Å². The Morgan fingerprint density at radius 1 is 1.15 bits per heavy atom. The van der Waals surface area contributed by atoms with Crippen LogP contribution in [-0.4, -0.2) is 51.6 Å². The second-order valence-corrected chi connectivity index (χ2v) is 9.93. The van der Waals surface area contributed by atoms with Gasteiger partial charge in [0.2, 0.25) is 11.8 Å². The van der Waals surface area contributed by atoms with Crippen LogP contribution in [0, 0.1) is 11.2 Å². The van der Waals surface area contributed by atoms with Crippen LogP contribution in [0.25, 0.3) is 11.3 Å². The van der Waals surface area contributed by atoms with Gasteiger partial charge in [-0.2, -0.15) is 0 Å². The molecule has 33 heavy (non-hydrogen) atoms. The predicted octanol–water partition coefficient (Wildman–Crippen LogP) is 2.63. The molecule has 6 rings (SSSR count). The average Bonchev–Trinajstić information content (AvgIpc) is 3.06. The molecule has 1 aromatic carbocycles. The number of nitrogens with one attached hydrogen (secondary N) is 1. The zero-order chi connectivity index (χ0) is 22.7. The van der Waals surface area contributed by atoms with Gasteiger partial charge in [0.25, 0.3) is 5.91 Å². The highest BCUT2D eigenvalue weighted by Crippen LogP contribution is 2.48. The van der Waals surface area contributed by atoms with Gasteiger partial charge in [-0.25, -0.2) is 4.39 Å². The van der Waals surface area contributed by atoms with Crippen LogP contribution in [0.1, 0.15) is 53.6 Å². The Labute approximate surface area is 191 Å². The molecule has 1 unspecified atom stereocenters. The lowest BCUT2D eigenvalue weighted by Gasteiger charge is -2.56. The summed E-state index contributed by atoms with van der Waals surface area (Å²) < 4.78 is 14.5. The summed E-state index contributed by atoms with van der Waals surface area (Å²) in [5.41, 5.74) is 3.97. The first kappa shape index (κ1) is 20.5. The third-order valence-corrected chi connectivity index (χ3v) is 7.68. The van der Waals surface area contributed by atoms with E-state index in [0.29, 0.717) is 41.7 Å². The molecular formula is C25H25FN4O3. The molecule has 3 fully saturated rings. The van der Waals surface area contributed by atoms with Crippen LogP contribution in [0.2, 0.25) is 0 Å². The molecule has 3 amide bonds. The molecule has 7 nitrogen and oxygen atoms in total. The van der Waals surface area contributed by atoms with Gasteiger partial charge >= 0.3 is 0 Å². The van der Waals surface area contributed by atoms with Gasteiger partial charge in [0.1, 0.15) is 11.9 Å². The third kappa shape index (κ3) is 3.44. The van der Waals surface area contributed by atoms with Gasteiger partial charge in [-0.1, -0.05) is 12.5 Å². The van der Waals surface area contributed by atoms with Gasteiger partial charge in [0.05, 0.1) is 11.9 Å². The van der Waals surface area contributed by atoms with Crippen LogP contribution in [0.5, 0.6) is 0 Å². The molecule has 0 bridgehead atoms. The first-order valence-corrected chi connectivity index (χ1v) is 11.6. The largest absolute Gasteiger partial charge is 0.322 e. The van der Waals surface area contributed by atoms with E-state index in [4.69, 9.17) is 0 Å². The van der Waals surface area contributed by atoms with E-state index in [1.807, 2.05) is 12.1 Å². The fraction of sp³-hybridized carbons (Fsp3) is 0.440. The molecule has 3 aliphatic heterocycles. The van der Waals surface area contributed by atoms with E-state index in [0.717, 1.165) is 24.2 Å². The van der Waals surface area contributed by atoms with Crippen LogP contribution >= 0.6 is 0 Å². The molecule has 2 aromatic rings. The Balaban J connectivity index is 1.21. The number of piperidine rings is 1. The monoisotopic (exact) mass is 448 g/mol. The number of hydrogen-bond donors (Lipinski definition) is 1. The van der Waals surface area contributed by atoms with Crippen molar-refractivity contribution in [1.29, 1.82) is 0 Å². The Bertz CT molecular complexity index is 1180. The van der Waals surface area contributed by atoms with Crippen molar-refractivity contribution >= 4 is 17.7 Å². The number of halogens is 1. The van der Waals surface area contributed by atoms with Crippen molar-refractivity contribution in [2.24, 2.45) is 5.41 Å². The maximum Gasteiger partial charge on any atom is 0.255 e. The number of fused-ring (bicyclic) bond motifs is 1. The lowest BCUT2D eigenvalue weighted by Crippen LogP contribution is -2.59. The molecule has 1 saturated carbocycles. The fourth-order valence-electron chi connectivity index (χ4n) is 5.74. The van der Waals surface area contributed by atoms with Crippen molar-refractivity contribution in [2.75, 3.05) is 13.1 Å². The topological polar surface area (TPSA) is 82.6 Å². The lowest BCUT2D eigenvalue weighted by molar-refractivity contribution is -0.136. The molecule has 1 aromatic heterocycles. The summed E-state index contributed by atoms with van der Waals surface area (Å²) in [4.78, 5) is 44.7. The van der Waals surface area contributed by atoms with Gasteiger partial charge in [0, 0.05) is 49.3 Å². The van der Waals surface area contributed by atoms with Crippen molar-refractivity contribution in [3.63, 3.8) is 0 Å². The van der Waals surface area contributed by atoms with Crippen LogP contribution < -0.4 is 5.32 Å². The van der Waals surface area contributed by atoms with E-state index in [-0.39, 0.29) is 24.1 Å². The number of nitrogens with zero attached hydrogens (tertiary/aromatic N) is 3. The van der Waals surface area contributed by atoms with E-state index in [9.17, 15) is 18.8 Å². The molecule has 1 spiro atoms. The van der Waals surface area contributed by atoms with Gasteiger partial charge < -0.3 is 4.90 Å². The number of carbonyl (C=O) groups excluding carboxylic acids is 3. The number of aromatic nitrogens is 1. The minimum Gasteiger partial charge on any atom is -0.322 e. The number of amides is 3. The van der Waals surface area contributed by atoms with Gasteiger partial charge in [-0.3, -0.25) is 29.6 Å². The van der Waals surface area contributed by atoms with Crippen molar-refractivity contribution in [3.8, 4) is 11.3 Å². The predicted molar refractivity (Wildman–Crippen MR) is 117 cm³/mol. The van der Waals surface area contributed by atoms with Crippen molar-refractivity contribution in [3.05, 3.63) is 53.0 Å². The number of pyridine rings is 1. The molecule has 4 aliphatic rings. The maximum atomic E-state index is 14.5. The summed E-state index contributed by atoms with van der Waals surface area (Å²) in [5.74, 6) is -1.23. The van der Waals surface area contributed by atoms with Gasteiger partial charge in [-0.05, 0) is 48.4 Å². The summed E-state index contributed by atoms with van der Waals surface area (Å²) in [7, 11) is 0. The van der Waals surface area contributed by atoms with E-state index >= 15 is 0 Å². The van der Waals surface area contributed by atoms with Crippen molar-refractivity contribution in [1.82, 2.24) is 20.1 Å². The highest BCUT2D eigenvalue weighted by molar-refractivity contribution is 6.05. The second kappa shape index (κ2) is 7.45. The number of benzene rings is 1. The van der Waals surface area contributed by atoms with E-state index < -0.39 is 11.9 Å². The normalized spacial score (nSPS) is 23.8. The molecule has 8 heteroatoms. The standard InChI is InChI=1S/C25H25FN4O3/c26-19-10-27-20(9-17(19)11-29-13-25(14-29)6-1-7-25)15-2-3-18-16(8-15)12-30(24(18)33)21-4-5-22(31)28-23(21)32/h2-3,8-10,21H,1,4-7,11-14H2,(H,28,31,32). The highest BCUT2D eigenvalue weighted by Gasteiger charge is 2.47. The average molecular weight is 448 g/mol. The second-order valence-electron chi connectivity index (χ2n) is 9.93. The first-order chi connectivity index (χ1) is 15.9. The first-order valence-electron chi connectivity index (χ1n) is 11.6. The Morgan fingerprint density at radius 2 is 1.97 bits per heavy atom. The van der Waals surface area contributed by atoms with E-state index in [1.54, 1.807) is 12.1 Å². The smallest absolute Gasteiger partial charge is 0.255 e. The number of hydrogen-bond acceptors (Lipinski definition) is 5. The van der Waals surface area contributed by atoms with Crippen LogP contribution in [0.4, 0.5) is 4.39 Å². The fourth-order valence-corrected chi connectivity index (χ4v) is 5.74. The molecule has 170 valence electrons. The molecule has 1 aliphatic carbocycles. The molecule has 1 N–H and O–H groups in total. The Kier molecular flexibility index (Phi) is 4.62. The minimum atomic E-state index is -0.642. The lowest BCUT2D eigenvalue weighted by atomic mass is 9.63. The summed E-state index contributed by atoms with van der Waals surface area (Å²) in [6.45, 7) is 2.97. The molecule has 2 saturated heterocycles. The quantitative estimate of drug-likeness (QED) is 0.728. The third-order valence-electron chi connectivity index (χ3n) is 7.68. The minimum absolute atomic E-state index is 0.207. The SMILES string of the molecule is O=C1CCC(N2Cc3cc(-c4cc(CN5CC6(CCC6)C5)c(F)cn4)ccc3C2=O)C(=O)N1. The zero-order valence-electron chi connectivity index (χ0n) is 18.3. The Morgan fingerprint density at radius 3 is 2.70 bits per heavy atom. The molecule has 1 atom stereocenters. The summed E-state index contributed by atoms with van der Waals surface area (Å²) in [6, 6.07) is 6.63. The summed E-state index contributed by atoms with van der Waals surface area (Å²) in [6.07, 6.45) is 5.72. The van der Waals surface area contributed by atoms with Crippen molar-refractivity contribution < 1.29 is 18.8 Å². The maximum absolute atomic E-state index is 14.5. The summed E-state index contributed by atoms with van der Waals surface area (Å²) >= 11 is 0. The van der Waals surface area contributed by atoms with Crippen LogP contribution in [0.3, 0.4) is 0 Å². The molecular weight excluding hydrogens is 423 g/mol. The number of imide groups is 1. The molecule has 0 radical (unpaired) electrons. The highest BCUT2D eigenvalue weighted by atomic mass is 19.1. The number of rotatable bonds is 4. The number of likely N-dealkylation sites (tertiary alicyclic amines) is 1. The molecule has 4 heterocycles. The number of carbonyl (C=O) groups is 3.